The van der Waals surface area contributed by atoms with Crippen molar-refractivity contribution in [3.05, 3.63) is 48.5 Å². The third-order valence-corrected chi connectivity index (χ3v) is 2.85. The third-order valence-electron chi connectivity index (χ3n) is 2.85. The molecule has 4 nitrogen and oxygen atoms in total. The molecule has 0 saturated heterocycles. The summed E-state index contributed by atoms with van der Waals surface area (Å²) in [6.45, 7) is 5.13. The predicted octanol–water partition coefficient (Wildman–Crippen LogP) is 2.07. The van der Waals surface area contributed by atoms with E-state index in [0.29, 0.717) is 6.54 Å². The van der Waals surface area contributed by atoms with E-state index in [-0.39, 0.29) is 0 Å². The molecule has 0 fully saturated rings. The Morgan fingerprint density at radius 2 is 1.95 bits per heavy atom. The fourth-order valence-corrected chi connectivity index (χ4v) is 2.21. The molecular formula is C15H21N3O. The Kier molecular flexibility index (Phi) is 4.02. The highest BCUT2D eigenvalue weighted by Crippen LogP contribution is 2.12. The summed E-state index contributed by atoms with van der Waals surface area (Å²) in [6, 6.07) is 8.37. The van der Waals surface area contributed by atoms with Gasteiger partial charge in [-0.1, -0.05) is 12.1 Å². The maximum Gasteiger partial charge on any atom is 0.0991 e. The molecule has 0 amide bonds. The molecule has 1 N–H and O–H groups in total. The van der Waals surface area contributed by atoms with Crippen molar-refractivity contribution in [3.63, 3.8) is 0 Å². The summed E-state index contributed by atoms with van der Waals surface area (Å²) in [4.78, 5) is 6.15. The van der Waals surface area contributed by atoms with Crippen LogP contribution in [0.1, 0.15) is 19.4 Å². The van der Waals surface area contributed by atoms with Crippen LogP contribution in [0.15, 0.2) is 43.0 Å². The van der Waals surface area contributed by atoms with Crippen LogP contribution in [0.2, 0.25) is 0 Å². The van der Waals surface area contributed by atoms with Crippen molar-refractivity contribution in [2.45, 2.75) is 26.0 Å². The molecule has 1 heterocycles. The highest BCUT2D eigenvalue weighted by molar-refractivity contribution is 5.34. The Labute approximate surface area is 114 Å². The Hall–Kier alpha value is -1.65. The third kappa shape index (κ3) is 4.19. The highest BCUT2D eigenvalue weighted by Gasteiger charge is 2.15. The van der Waals surface area contributed by atoms with E-state index in [1.165, 1.54) is 5.56 Å². The normalized spacial score (nSPS) is 12.1. The van der Waals surface area contributed by atoms with E-state index in [4.69, 9.17) is 0 Å². The van der Waals surface area contributed by atoms with E-state index in [9.17, 15) is 5.11 Å². The molecule has 0 aliphatic rings. The first-order chi connectivity index (χ1) is 8.94. The summed E-state index contributed by atoms with van der Waals surface area (Å²) >= 11 is 0. The van der Waals surface area contributed by atoms with E-state index < -0.39 is 5.60 Å². The molecule has 4 heteroatoms. The van der Waals surface area contributed by atoms with Crippen molar-refractivity contribution in [2.75, 3.05) is 13.6 Å². The molecule has 0 radical (unpaired) electrons. The van der Waals surface area contributed by atoms with E-state index in [1.807, 2.05) is 31.7 Å². The van der Waals surface area contributed by atoms with Gasteiger partial charge in [0.25, 0.3) is 0 Å². The zero-order valence-electron chi connectivity index (χ0n) is 11.7. The van der Waals surface area contributed by atoms with Gasteiger partial charge in [-0.15, -0.1) is 0 Å². The molecule has 1 aromatic heterocycles. The SMILES string of the molecule is CN(Cc1ccc(-n2ccnc2)cc1)CC(C)(C)O. The van der Waals surface area contributed by atoms with Crippen molar-refractivity contribution in [1.82, 2.24) is 14.5 Å². The van der Waals surface area contributed by atoms with Gasteiger partial charge in [-0.05, 0) is 38.6 Å². The smallest absolute Gasteiger partial charge is 0.0991 e. The minimum Gasteiger partial charge on any atom is -0.389 e. The Morgan fingerprint density at radius 1 is 1.26 bits per heavy atom. The second kappa shape index (κ2) is 5.55. The minimum absolute atomic E-state index is 0.649. The fraction of sp³-hybridized carbons (Fsp3) is 0.400. The van der Waals surface area contributed by atoms with E-state index in [1.54, 1.807) is 12.5 Å². The molecule has 0 spiro atoms. The van der Waals surface area contributed by atoms with Crippen LogP contribution in [0, 0.1) is 0 Å². The Morgan fingerprint density at radius 3 is 2.47 bits per heavy atom. The van der Waals surface area contributed by atoms with Gasteiger partial charge < -0.3 is 9.67 Å². The fourth-order valence-electron chi connectivity index (χ4n) is 2.21. The van der Waals surface area contributed by atoms with Crippen LogP contribution in [-0.4, -0.2) is 38.8 Å². The molecule has 0 aliphatic heterocycles. The van der Waals surface area contributed by atoms with Crippen LogP contribution < -0.4 is 0 Å². The maximum absolute atomic E-state index is 9.78. The van der Waals surface area contributed by atoms with Crippen LogP contribution in [0.4, 0.5) is 0 Å². The average Bonchev–Trinajstić information content (AvgIpc) is 2.80. The van der Waals surface area contributed by atoms with Gasteiger partial charge >= 0.3 is 0 Å². The van der Waals surface area contributed by atoms with E-state index >= 15 is 0 Å². The number of likely N-dealkylation sites (N-methyl/N-ethyl adjacent to an activating group) is 1. The Bertz CT molecular complexity index is 497. The lowest BCUT2D eigenvalue weighted by Crippen LogP contribution is -2.35. The zero-order chi connectivity index (χ0) is 13.9. The van der Waals surface area contributed by atoms with Crippen molar-refractivity contribution in [2.24, 2.45) is 0 Å². The van der Waals surface area contributed by atoms with Gasteiger partial charge in [0.15, 0.2) is 0 Å². The molecule has 0 unspecified atom stereocenters. The second-order valence-electron chi connectivity index (χ2n) is 5.62. The molecule has 0 bridgehead atoms. The first-order valence-corrected chi connectivity index (χ1v) is 6.42. The summed E-state index contributed by atoms with van der Waals surface area (Å²) in [7, 11) is 2.02. The van der Waals surface area contributed by atoms with Crippen molar-refractivity contribution < 1.29 is 5.11 Å². The lowest BCUT2D eigenvalue weighted by Gasteiger charge is -2.25. The molecule has 19 heavy (non-hydrogen) atoms. The van der Waals surface area contributed by atoms with Crippen molar-refractivity contribution in [1.29, 1.82) is 0 Å². The van der Waals surface area contributed by atoms with Gasteiger partial charge in [-0.2, -0.15) is 0 Å². The summed E-state index contributed by atoms with van der Waals surface area (Å²) in [5, 5.41) is 9.78. The van der Waals surface area contributed by atoms with Gasteiger partial charge in [0.05, 0.1) is 11.9 Å². The topological polar surface area (TPSA) is 41.3 Å². The first kappa shape index (κ1) is 13.8. The van der Waals surface area contributed by atoms with E-state index in [2.05, 4.69) is 34.1 Å². The van der Waals surface area contributed by atoms with Crippen LogP contribution in [0.25, 0.3) is 5.69 Å². The summed E-state index contributed by atoms with van der Waals surface area (Å²) in [5.41, 5.74) is 1.67. The summed E-state index contributed by atoms with van der Waals surface area (Å²) in [5.74, 6) is 0. The molecule has 0 aliphatic carbocycles. The highest BCUT2D eigenvalue weighted by atomic mass is 16.3. The number of benzene rings is 1. The average molecular weight is 259 g/mol. The van der Waals surface area contributed by atoms with Crippen LogP contribution in [0.3, 0.4) is 0 Å². The maximum atomic E-state index is 9.78. The summed E-state index contributed by atoms with van der Waals surface area (Å²) < 4.78 is 1.98. The van der Waals surface area contributed by atoms with Crippen LogP contribution in [-0.2, 0) is 6.54 Å². The number of imidazole rings is 1. The molecule has 2 aromatic rings. The van der Waals surface area contributed by atoms with Gasteiger partial charge in [-0.3, -0.25) is 4.90 Å². The number of rotatable bonds is 5. The molecule has 1 aromatic carbocycles. The lowest BCUT2D eigenvalue weighted by molar-refractivity contribution is 0.0425. The zero-order valence-corrected chi connectivity index (χ0v) is 11.7. The molecule has 102 valence electrons. The molecule has 0 saturated carbocycles. The minimum atomic E-state index is -0.661. The molecule has 2 rings (SSSR count). The Balaban J connectivity index is 1.99. The molecule has 0 atom stereocenters. The standard InChI is InChI=1S/C15H21N3O/c1-15(2,19)11-17(3)10-13-4-6-14(7-5-13)18-9-8-16-12-18/h4-9,12,19H,10-11H2,1-3H3. The van der Waals surface area contributed by atoms with E-state index in [0.717, 1.165) is 12.2 Å². The van der Waals surface area contributed by atoms with Gasteiger partial charge in [-0.25, -0.2) is 4.98 Å². The number of nitrogens with zero attached hydrogens (tertiary/aromatic N) is 3. The second-order valence-corrected chi connectivity index (χ2v) is 5.62. The quantitative estimate of drug-likeness (QED) is 0.893. The lowest BCUT2D eigenvalue weighted by atomic mass is 10.1. The van der Waals surface area contributed by atoms with Crippen LogP contribution in [0.5, 0.6) is 0 Å². The number of hydrogen-bond acceptors (Lipinski definition) is 3. The number of aliphatic hydroxyl groups is 1. The van der Waals surface area contributed by atoms with Gasteiger partial charge in [0.2, 0.25) is 0 Å². The number of hydrogen-bond donors (Lipinski definition) is 1. The number of aromatic nitrogens is 2. The van der Waals surface area contributed by atoms with Gasteiger partial charge in [0.1, 0.15) is 0 Å². The van der Waals surface area contributed by atoms with Gasteiger partial charge in [0, 0.05) is 31.2 Å². The molecular weight excluding hydrogens is 238 g/mol. The largest absolute Gasteiger partial charge is 0.389 e. The summed E-state index contributed by atoms with van der Waals surface area (Å²) in [6.07, 6.45) is 5.48. The monoisotopic (exact) mass is 259 g/mol. The van der Waals surface area contributed by atoms with Crippen molar-refractivity contribution >= 4 is 0 Å². The van der Waals surface area contributed by atoms with Crippen LogP contribution >= 0.6 is 0 Å². The van der Waals surface area contributed by atoms with Crippen molar-refractivity contribution in [3.8, 4) is 5.69 Å². The predicted molar refractivity (Wildman–Crippen MR) is 76.2 cm³/mol. The first-order valence-electron chi connectivity index (χ1n) is 6.42.